The minimum atomic E-state index is -1.21. The van der Waals surface area contributed by atoms with Gasteiger partial charge in [-0.1, -0.05) is 36.4 Å². The number of carbonyl (C=O) groups is 2. The van der Waals surface area contributed by atoms with Gasteiger partial charge in [0.2, 0.25) is 5.91 Å². The van der Waals surface area contributed by atoms with Gasteiger partial charge >= 0.3 is 0 Å². The average molecular weight is 370 g/mol. The summed E-state index contributed by atoms with van der Waals surface area (Å²) in [5.41, 5.74) is 1.85. The third kappa shape index (κ3) is 6.33. The summed E-state index contributed by atoms with van der Waals surface area (Å²) in [6.07, 6.45) is 0.760. The lowest BCUT2D eigenvalue weighted by atomic mass is 9.96. The highest BCUT2D eigenvalue weighted by Crippen LogP contribution is 2.27. The average Bonchev–Trinajstić information content (AvgIpc) is 2.68. The Bertz CT molecular complexity index is 760. The third-order valence-electron chi connectivity index (χ3n) is 4.27. The minimum absolute atomic E-state index is 0.108. The predicted molar refractivity (Wildman–Crippen MR) is 99.5 cm³/mol. The lowest BCUT2D eigenvalue weighted by Gasteiger charge is -2.18. The van der Waals surface area contributed by atoms with Crippen molar-refractivity contribution in [1.29, 1.82) is 0 Å². The highest BCUT2D eigenvalue weighted by molar-refractivity contribution is 5.81. The topological polar surface area (TPSA) is 87.7 Å². The molecule has 6 nitrogen and oxygen atoms in total. The Morgan fingerprint density at radius 3 is 2.33 bits per heavy atom. The highest BCUT2D eigenvalue weighted by atomic mass is 16.5. The van der Waals surface area contributed by atoms with Crippen LogP contribution in [0.5, 0.6) is 11.5 Å². The molecule has 0 saturated heterocycles. The van der Waals surface area contributed by atoms with Crippen molar-refractivity contribution in [2.75, 3.05) is 20.8 Å². The van der Waals surface area contributed by atoms with Gasteiger partial charge < -0.3 is 24.7 Å². The van der Waals surface area contributed by atoms with Crippen molar-refractivity contribution in [2.24, 2.45) is 5.92 Å². The molecule has 0 spiro atoms. The first-order valence-electron chi connectivity index (χ1n) is 8.76. The number of carboxylic acids is 1. The number of carboxylic acid groups (broad SMARTS) is 1. The van der Waals surface area contributed by atoms with Gasteiger partial charge in [0.25, 0.3) is 0 Å². The molecular formula is C21H24NO5-. The van der Waals surface area contributed by atoms with E-state index in [1.54, 1.807) is 14.2 Å². The zero-order valence-electron chi connectivity index (χ0n) is 15.6. The molecule has 1 N–H and O–H groups in total. The molecule has 1 amide bonds. The predicted octanol–water partition coefficient (Wildman–Crippen LogP) is 1.36. The molecule has 0 fully saturated rings. The van der Waals surface area contributed by atoms with Crippen LogP contribution in [0.25, 0.3) is 0 Å². The van der Waals surface area contributed by atoms with E-state index < -0.39 is 11.9 Å². The fourth-order valence-electron chi connectivity index (χ4n) is 2.82. The van der Waals surface area contributed by atoms with Crippen molar-refractivity contribution in [3.8, 4) is 11.5 Å². The van der Waals surface area contributed by atoms with Crippen LogP contribution in [0, 0.1) is 5.92 Å². The van der Waals surface area contributed by atoms with E-state index in [9.17, 15) is 14.7 Å². The van der Waals surface area contributed by atoms with Crippen molar-refractivity contribution in [1.82, 2.24) is 5.32 Å². The monoisotopic (exact) mass is 370 g/mol. The van der Waals surface area contributed by atoms with Crippen molar-refractivity contribution in [3.05, 3.63) is 59.7 Å². The molecule has 0 aliphatic heterocycles. The first-order chi connectivity index (χ1) is 13.0. The Morgan fingerprint density at radius 2 is 1.70 bits per heavy atom. The summed E-state index contributed by atoms with van der Waals surface area (Å²) in [6, 6.07) is 14.8. The van der Waals surface area contributed by atoms with Gasteiger partial charge in [-0.2, -0.15) is 0 Å². The maximum atomic E-state index is 12.1. The molecular weight excluding hydrogens is 346 g/mol. The van der Waals surface area contributed by atoms with Crippen LogP contribution in [0.1, 0.15) is 17.5 Å². The van der Waals surface area contributed by atoms with Gasteiger partial charge in [-0.15, -0.1) is 0 Å². The number of ether oxygens (including phenoxy) is 2. The molecule has 0 aliphatic rings. The molecule has 2 rings (SSSR count). The Morgan fingerprint density at radius 1 is 1.00 bits per heavy atom. The maximum absolute atomic E-state index is 12.1. The quantitative estimate of drug-likeness (QED) is 0.682. The van der Waals surface area contributed by atoms with Gasteiger partial charge in [0, 0.05) is 24.9 Å². The summed E-state index contributed by atoms with van der Waals surface area (Å²) < 4.78 is 10.4. The Labute approximate surface area is 159 Å². The second kappa shape index (κ2) is 10.2. The molecule has 2 aromatic carbocycles. The Hall–Kier alpha value is -3.02. The van der Waals surface area contributed by atoms with Gasteiger partial charge in [-0.25, -0.2) is 0 Å². The van der Waals surface area contributed by atoms with Crippen LogP contribution in [0.3, 0.4) is 0 Å². The number of methoxy groups -OCH3 is 2. The summed E-state index contributed by atoms with van der Waals surface area (Å²) in [4.78, 5) is 23.5. The van der Waals surface area contributed by atoms with Crippen molar-refractivity contribution in [3.63, 3.8) is 0 Å². The molecule has 1 atom stereocenters. The van der Waals surface area contributed by atoms with Crippen LogP contribution < -0.4 is 19.9 Å². The van der Waals surface area contributed by atoms with E-state index in [0.717, 1.165) is 11.1 Å². The largest absolute Gasteiger partial charge is 0.550 e. The Balaban J connectivity index is 1.84. The van der Waals surface area contributed by atoms with E-state index in [4.69, 9.17) is 9.47 Å². The molecule has 27 heavy (non-hydrogen) atoms. The standard InChI is InChI=1S/C21H25NO5/c1-26-18-9-8-16(13-19(18)27-2)10-11-22-20(23)14-17(21(24)25)12-15-6-4-3-5-7-15/h3-9,13,17H,10-12,14H2,1-2H3,(H,22,23)(H,24,25)/p-1/t17-/m0/s1. The normalized spacial score (nSPS) is 11.5. The van der Waals surface area contributed by atoms with Crippen LogP contribution in [0.2, 0.25) is 0 Å². The van der Waals surface area contributed by atoms with Crippen molar-refractivity contribution >= 4 is 11.9 Å². The van der Waals surface area contributed by atoms with E-state index >= 15 is 0 Å². The number of carbonyl (C=O) groups excluding carboxylic acids is 2. The summed E-state index contributed by atoms with van der Waals surface area (Å²) in [7, 11) is 3.14. The first kappa shape index (κ1) is 20.3. The molecule has 0 saturated carbocycles. The zero-order chi connectivity index (χ0) is 19.6. The first-order valence-corrected chi connectivity index (χ1v) is 8.76. The lowest BCUT2D eigenvalue weighted by Crippen LogP contribution is -2.37. The van der Waals surface area contributed by atoms with Crippen LogP contribution in [-0.4, -0.2) is 32.6 Å². The fraction of sp³-hybridized carbons (Fsp3) is 0.333. The molecule has 0 aliphatic carbocycles. The molecule has 0 radical (unpaired) electrons. The van der Waals surface area contributed by atoms with E-state index in [0.29, 0.717) is 24.5 Å². The van der Waals surface area contributed by atoms with Gasteiger partial charge in [0.05, 0.1) is 14.2 Å². The van der Waals surface area contributed by atoms with Gasteiger partial charge in [-0.05, 0) is 36.1 Å². The van der Waals surface area contributed by atoms with Gasteiger partial charge in [0.1, 0.15) is 0 Å². The summed E-state index contributed by atoms with van der Waals surface area (Å²) in [5.74, 6) is -1.10. The third-order valence-corrected chi connectivity index (χ3v) is 4.27. The zero-order valence-corrected chi connectivity index (χ0v) is 15.6. The molecule has 6 heteroatoms. The number of hydrogen-bond donors (Lipinski definition) is 1. The minimum Gasteiger partial charge on any atom is -0.550 e. The summed E-state index contributed by atoms with van der Waals surface area (Å²) in [6.45, 7) is 0.402. The summed E-state index contributed by atoms with van der Waals surface area (Å²) in [5, 5.41) is 14.1. The summed E-state index contributed by atoms with van der Waals surface area (Å²) >= 11 is 0. The van der Waals surface area contributed by atoms with Crippen LogP contribution in [0.4, 0.5) is 0 Å². The molecule has 0 aromatic heterocycles. The maximum Gasteiger partial charge on any atom is 0.220 e. The van der Waals surface area contributed by atoms with Gasteiger partial charge in [-0.3, -0.25) is 4.79 Å². The molecule has 2 aromatic rings. The van der Waals surface area contributed by atoms with Crippen LogP contribution in [0.15, 0.2) is 48.5 Å². The number of aliphatic carboxylic acids is 1. The molecule has 0 heterocycles. The fourth-order valence-corrected chi connectivity index (χ4v) is 2.82. The van der Waals surface area contributed by atoms with E-state index in [2.05, 4.69) is 5.32 Å². The molecule has 144 valence electrons. The highest BCUT2D eigenvalue weighted by Gasteiger charge is 2.16. The van der Waals surface area contributed by atoms with Crippen molar-refractivity contribution < 1.29 is 24.2 Å². The van der Waals surface area contributed by atoms with Gasteiger partial charge in [0.15, 0.2) is 11.5 Å². The number of rotatable bonds is 10. The number of hydrogen-bond acceptors (Lipinski definition) is 5. The van der Waals surface area contributed by atoms with Crippen LogP contribution >= 0.6 is 0 Å². The SMILES string of the molecule is COc1ccc(CCNC(=O)C[C@H](Cc2ccccc2)C(=O)[O-])cc1OC. The molecule has 0 unspecified atom stereocenters. The van der Waals surface area contributed by atoms with Crippen molar-refractivity contribution in [2.45, 2.75) is 19.3 Å². The molecule has 0 bridgehead atoms. The Kier molecular flexibility index (Phi) is 7.67. The van der Waals surface area contributed by atoms with E-state index in [-0.39, 0.29) is 18.7 Å². The van der Waals surface area contributed by atoms with E-state index in [1.165, 1.54) is 0 Å². The number of benzene rings is 2. The lowest BCUT2D eigenvalue weighted by molar-refractivity contribution is -0.311. The van der Waals surface area contributed by atoms with Crippen LogP contribution in [-0.2, 0) is 22.4 Å². The second-order valence-electron chi connectivity index (χ2n) is 6.20. The second-order valence-corrected chi connectivity index (χ2v) is 6.20. The van der Waals surface area contributed by atoms with E-state index in [1.807, 2.05) is 48.5 Å². The number of nitrogens with one attached hydrogen (secondary N) is 1. The number of amides is 1. The smallest absolute Gasteiger partial charge is 0.220 e.